The minimum absolute atomic E-state index is 0.0122. The topological polar surface area (TPSA) is 203 Å². The van der Waals surface area contributed by atoms with Crippen molar-refractivity contribution in [3.63, 3.8) is 0 Å². The van der Waals surface area contributed by atoms with Crippen molar-refractivity contribution in [2.24, 2.45) is 11.8 Å². The number of rotatable bonds is 12. The molecule has 0 radical (unpaired) electrons. The maximum Gasteiger partial charge on any atom is 0.309 e. The van der Waals surface area contributed by atoms with E-state index in [4.69, 9.17) is 37.9 Å². The number of nitrogens with zero attached hydrogens (tertiary/aromatic N) is 1. The van der Waals surface area contributed by atoms with Gasteiger partial charge in [0.15, 0.2) is 24.5 Å². The van der Waals surface area contributed by atoms with Crippen molar-refractivity contribution in [3.05, 3.63) is 24.3 Å². The minimum atomic E-state index is -1.50. The monoisotopic (exact) mass is 811 g/mol. The summed E-state index contributed by atoms with van der Waals surface area (Å²) in [7, 11) is 4.83. The highest BCUT2D eigenvalue weighted by molar-refractivity contribution is 5.91. The molecular weight excluding hydrogens is 746 g/mol. The zero-order valence-corrected chi connectivity index (χ0v) is 35.1. The number of aliphatic hydroxyl groups excluding tert-OH is 1. The van der Waals surface area contributed by atoms with E-state index in [1.54, 1.807) is 85.7 Å². The molecule has 15 atom stereocenters. The van der Waals surface area contributed by atoms with Crippen LogP contribution in [0.5, 0.6) is 0 Å². The van der Waals surface area contributed by atoms with Crippen molar-refractivity contribution in [1.82, 2.24) is 4.90 Å². The molecule has 3 heterocycles. The SMILES string of the molecule is CCC(=O)O[C@@H]1CC(=O)O[C@H](C)CC=CC=CC(=O)[C@H](C)C[C@H](CC=O)[C@H](O[C@@H]2O[C@H](C)[C@@H](O[C@H]3C[C@@](C)(O)[C@@H](OC(=O)CC)[C@H](C)O3)[C@H](N(C)C)[C@H]2O)[C@H]1OC. The number of carbonyl (C=O) groups is 5. The maximum atomic E-state index is 13.3. The zero-order chi connectivity index (χ0) is 42.6. The van der Waals surface area contributed by atoms with Crippen molar-refractivity contribution in [1.29, 1.82) is 0 Å². The lowest BCUT2D eigenvalue weighted by Gasteiger charge is -2.50. The van der Waals surface area contributed by atoms with Crippen LogP contribution in [-0.4, -0.2) is 145 Å². The summed E-state index contributed by atoms with van der Waals surface area (Å²) in [5.74, 6) is -3.31. The third-order valence-electron chi connectivity index (χ3n) is 10.7. The number of ether oxygens (including phenoxy) is 8. The molecule has 57 heavy (non-hydrogen) atoms. The standard InChI is InChI=1S/C41H65NO15/c1-11-30(45)54-29-21-32(47)51-24(4)16-14-13-15-17-28(44)23(3)20-27(18-19-43)37(38(29)50-10)57-40-35(48)34(42(8)9)36(25(5)53-40)56-33-22-41(7,49)39(26(6)52-33)55-31(46)12-2/h13-15,17,19,23-27,29,33-40,48-49H,11-12,16,18,20-22H2,1-10H3/t23-,24-,25-,26+,27+,29-,33+,34-,35-,36-,37+,38+,39+,40+,41-/m1/s1. The van der Waals surface area contributed by atoms with E-state index in [0.29, 0.717) is 12.7 Å². The fourth-order valence-corrected chi connectivity index (χ4v) is 7.72. The Morgan fingerprint density at radius 1 is 0.965 bits per heavy atom. The molecule has 16 heteroatoms. The Kier molecular flexibility index (Phi) is 18.9. The van der Waals surface area contributed by atoms with E-state index in [0.717, 1.165) is 0 Å². The number of methoxy groups -OCH3 is 1. The Bertz CT molecular complexity index is 1400. The van der Waals surface area contributed by atoms with Crippen molar-refractivity contribution in [2.75, 3.05) is 21.2 Å². The van der Waals surface area contributed by atoms with Gasteiger partial charge in [-0.15, -0.1) is 0 Å². The van der Waals surface area contributed by atoms with E-state index in [2.05, 4.69) is 0 Å². The van der Waals surface area contributed by atoms with Gasteiger partial charge >= 0.3 is 17.9 Å². The lowest BCUT2D eigenvalue weighted by Crippen LogP contribution is -2.66. The fourth-order valence-electron chi connectivity index (χ4n) is 7.72. The highest BCUT2D eigenvalue weighted by Crippen LogP contribution is 2.37. The van der Waals surface area contributed by atoms with Gasteiger partial charge in [-0.25, -0.2) is 0 Å². The van der Waals surface area contributed by atoms with E-state index in [1.807, 2.05) is 0 Å². The number of hydrogen-bond acceptors (Lipinski definition) is 16. The minimum Gasteiger partial charge on any atom is -0.462 e. The molecule has 0 aromatic rings. The van der Waals surface area contributed by atoms with Crippen LogP contribution in [0.4, 0.5) is 0 Å². The molecule has 0 saturated carbocycles. The Labute approximate surface area is 336 Å². The Morgan fingerprint density at radius 3 is 2.23 bits per heavy atom. The van der Waals surface area contributed by atoms with Crippen LogP contribution < -0.4 is 0 Å². The van der Waals surface area contributed by atoms with Gasteiger partial charge < -0.3 is 57.8 Å². The van der Waals surface area contributed by atoms with Crippen LogP contribution in [0.2, 0.25) is 0 Å². The van der Waals surface area contributed by atoms with E-state index >= 15 is 0 Å². The molecule has 2 fully saturated rings. The summed E-state index contributed by atoms with van der Waals surface area (Å²) in [4.78, 5) is 65.5. The van der Waals surface area contributed by atoms with Crippen LogP contribution >= 0.6 is 0 Å². The molecule has 0 spiro atoms. The second-order valence-electron chi connectivity index (χ2n) is 15.8. The molecule has 3 aliphatic rings. The molecule has 324 valence electrons. The van der Waals surface area contributed by atoms with E-state index in [9.17, 15) is 34.2 Å². The van der Waals surface area contributed by atoms with E-state index < -0.39 is 115 Å². The highest BCUT2D eigenvalue weighted by Gasteiger charge is 2.53. The summed E-state index contributed by atoms with van der Waals surface area (Å²) < 4.78 is 48.4. The van der Waals surface area contributed by atoms with Gasteiger partial charge in [0.05, 0.1) is 30.8 Å². The van der Waals surface area contributed by atoms with Gasteiger partial charge in [-0.1, -0.05) is 39.0 Å². The number of likely N-dealkylation sites (N-methyl/N-ethyl adjacent to an activating group) is 1. The number of aldehydes is 1. The molecule has 0 aromatic heterocycles. The summed E-state index contributed by atoms with van der Waals surface area (Å²) in [5, 5.41) is 23.4. The van der Waals surface area contributed by atoms with Gasteiger partial charge in [-0.3, -0.25) is 19.2 Å². The molecule has 2 saturated heterocycles. The number of hydrogen-bond donors (Lipinski definition) is 2. The molecule has 0 unspecified atom stereocenters. The molecule has 0 amide bonds. The summed E-state index contributed by atoms with van der Waals surface area (Å²) in [6, 6.07) is -0.793. The predicted molar refractivity (Wildman–Crippen MR) is 204 cm³/mol. The predicted octanol–water partition coefficient (Wildman–Crippen LogP) is 2.98. The average Bonchev–Trinajstić information content (AvgIpc) is 3.13. The van der Waals surface area contributed by atoms with Gasteiger partial charge in [-0.05, 0) is 60.2 Å². The van der Waals surface area contributed by atoms with Crippen molar-refractivity contribution in [3.8, 4) is 0 Å². The first-order valence-corrected chi connectivity index (χ1v) is 20.0. The average molecular weight is 812 g/mol. The molecule has 0 bridgehead atoms. The van der Waals surface area contributed by atoms with Crippen LogP contribution in [0.3, 0.4) is 0 Å². The van der Waals surface area contributed by atoms with Crippen LogP contribution in [0.1, 0.15) is 93.4 Å². The molecular formula is C41H65NO15. The summed E-state index contributed by atoms with van der Waals surface area (Å²) in [6.07, 6.45) is -4.01. The second-order valence-corrected chi connectivity index (χ2v) is 15.8. The molecule has 2 N–H and O–H groups in total. The Morgan fingerprint density at radius 2 is 1.63 bits per heavy atom. The molecule has 3 rings (SSSR count). The lowest BCUT2D eigenvalue weighted by molar-refractivity contribution is -0.344. The number of cyclic esters (lactones) is 1. The molecule has 3 aliphatic heterocycles. The summed E-state index contributed by atoms with van der Waals surface area (Å²) in [6.45, 7) is 11.6. The fraction of sp³-hybridized carbons (Fsp3) is 0.780. The Hall–Kier alpha value is -3.09. The number of carbonyl (C=O) groups excluding carboxylic acids is 5. The van der Waals surface area contributed by atoms with Crippen molar-refractivity contribution < 1.29 is 72.1 Å². The maximum absolute atomic E-state index is 13.3. The molecule has 0 aliphatic carbocycles. The van der Waals surface area contributed by atoms with Gasteiger partial charge in [0.25, 0.3) is 0 Å². The van der Waals surface area contributed by atoms with Crippen molar-refractivity contribution >= 4 is 30.0 Å². The normalized spacial score (nSPS) is 38.7. The first-order chi connectivity index (χ1) is 26.9. The number of allylic oxidation sites excluding steroid dienone is 3. The number of esters is 3. The Balaban J connectivity index is 2.02. The van der Waals surface area contributed by atoms with Crippen LogP contribution in [0.25, 0.3) is 0 Å². The van der Waals surface area contributed by atoms with Crippen molar-refractivity contribution in [2.45, 2.75) is 173 Å². The van der Waals surface area contributed by atoms with Crippen LogP contribution in [0.15, 0.2) is 24.3 Å². The smallest absolute Gasteiger partial charge is 0.309 e. The van der Waals surface area contributed by atoms with Gasteiger partial charge in [-0.2, -0.15) is 0 Å². The third-order valence-corrected chi connectivity index (χ3v) is 10.7. The summed E-state index contributed by atoms with van der Waals surface area (Å²) in [5.41, 5.74) is -1.50. The second kappa shape index (κ2) is 22.3. The lowest BCUT2D eigenvalue weighted by atomic mass is 9.83. The van der Waals surface area contributed by atoms with Gasteiger partial charge in [0, 0.05) is 45.1 Å². The van der Waals surface area contributed by atoms with Gasteiger partial charge in [0.1, 0.15) is 42.4 Å². The zero-order valence-electron chi connectivity index (χ0n) is 35.1. The molecule has 16 nitrogen and oxygen atoms in total. The highest BCUT2D eigenvalue weighted by atomic mass is 16.7. The van der Waals surface area contributed by atoms with E-state index in [1.165, 1.54) is 13.2 Å². The van der Waals surface area contributed by atoms with E-state index in [-0.39, 0.29) is 37.9 Å². The largest absolute Gasteiger partial charge is 0.462 e. The van der Waals surface area contributed by atoms with Crippen LogP contribution in [0, 0.1) is 11.8 Å². The summed E-state index contributed by atoms with van der Waals surface area (Å²) >= 11 is 0. The third kappa shape index (κ3) is 13.5. The number of aliphatic hydroxyl groups is 2. The number of ketones is 1. The van der Waals surface area contributed by atoms with Crippen LogP contribution in [-0.2, 0) is 61.9 Å². The first-order valence-electron chi connectivity index (χ1n) is 20.0. The quantitative estimate of drug-likeness (QED) is 0.165. The molecule has 0 aromatic carbocycles. The van der Waals surface area contributed by atoms with Gasteiger partial charge in [0.2, 0.25) is 0 Å². The first kappa shape index (κ1) is 48.3.